The number of benzene rings is 1. The van der Waals surface area contributed by atoms with Crippen LogP contribution in [0.2, 0.25) is 0 Å². The molecular formula is C17H17F3N2O3. The summed E-state index contributed by atoms with van der Waals surface area (Å²) >= 11 is 0. The van der Waals surface area contributed by atoms with Gasteiger partial charge in [-0.15, -0.1) is 0 Å². The van der Waals surface area contributed by atoms with E-state index in [-0.39, 0.29) is 23.5 Å². The van der Waals surface area contributed by atoms with E-state index in [2.05, 4.69) is 0 Å². The minimum Gasteiger partial charge on any atom is -0.378 e. The highest BCUT2D eigenvalue weighted by molar-refractivity contribution is 6.12. The number of amides is 1. The Morgan fingerprint density at radius 1 is 1.16 bits per heavy atom. The Hall–Kier alpha value is -2.35. The van der Waals surface area contributed by atoms with Gasteiger partial charge < -0.3 is 14.2 Å². The van der Waals surface area contributed by atoms with Gasteiger partial charge in [0.1, 0.15) is 6.54 Å². The summed E-state index contributed by atoms with van der Waals surface area (Å²) in [6.45, 7) is 3.10. The van der Waals surface area contributed by atoms with Crippen molar-refractivity contribution >= 4 is 22.6 Å². The van der Waals surface area contributed by atoms with E-state index in [9.17, 15) is 22.8 Å². The molecule has 2 heterocycles. The lowest BCUT2D eigenvalue weighted by atomic mass is 10.1. The topological polar surface area (TPSA) is 51.5 Å². The average Bonchev–Trinajstić information content (AvgIpc) is 2.86. The zero-order valence-corrected chi connectivity index (χ0v) is 13.6. The SMILES string of the molecule is Cc1c(C(=O)C(F)(F)F)c2ccccc2n1CC(=O)N1CCOCC1. The number of halogens is 3. The summed E-state index contributed by atoms with van der Waals surface area (Å²) in [5.41, 5.74) is 0.192. The van der Waals surface area contributed by atoms with Gasteiger partial charge in [-0.2, -0.15) is 13.2 Å². The first-order valence-corrected chi connectivity index (χ1v) is 7.85. The molecular weight excluding hydrogens is 337 g/mol. The Bertz CT molecular complexity index is 820. The summed E-state index contributed by atoms with van der Waals surface area (Å²) in [7, 11) is 0. The molecule has 25 heavy (non-hydrogen) atoms. The first kappa shape index (κ1) is 17.5. The molecule has 2 aromatic rings. The van der Waals surface area contributed by atoms with Crippen LogP contribution < -0.4 is 0 Å². The fraction of sp³-hybridized carbons (Fsp3) is 0.412. The molecule has 3 rings (SSSR count). The maximum atomic E-state index is 13.0. The van der Waals surface area contributed by atoms with Gasteiger partial charge in [-0.3, -0.25) is 9.59 Å². The van der Waals surface area contributed by atoms with Crippen LogP contribution in [-0.4, -0.2) is 53.6 Å². The predicted molar refractivity (Wildman–Crippen MR) is 84.5 cm³/mol. The number of morpholine rings is 1. The van der Waals surface area contributed by atoms with Crippen molar-refractivity contribution < 1.29 is 27.5 Å². The van der Waals surface area contributed by atoms with Crippen LogP contribution in [0.1, 0.15) is 16.1 Å². The summed E-state index contributed by atoms with van der Waals surface area (Å²) in [4.78, 5) is 25.9. The predicted octanol–water partition coefficient (Wildman–Crippen LogP) is 2.55. The number of rotatable bonds is 3. The molecule has 0 unspecified atom stereocenters. The second kappa shape index (κ2) is 6.51. The average molecular weight is 354 g/mol. The van der Waals surface area contributed by atoms with Gasteiger partial charge in [0.05, 0.1) is 18.8 Å². The first-order chi connectivity index (χ1) is 11.8. The number of aromatic nitrogens is 1. The molecule has 0 N–H and O–H groups in total. The van der Waals surface area contributed by atoms with Crippen LogP contribution in [0, 0.1) is 6.92 Å². The van der Waals surface area contributed by atoms with E-state index in [0.29, 0.717) is 31.8 Å². The van der Waals surface area contributed by atoms with Gasteiger partial charge >= 0.3 is 6.18 Å². The highest BCUT2D eigenvalue weighted by Gasteiger charge is 2.42. The van der Waals surface area contributed by atoms with Crippen molar-refractivity contribution in [3.05, 3.63) is 35.5 Å². The van der Waals surface area contributed by atoms with E-state index in [1.165, 1.54) is 17.6 Å². The van der Waals surface area contributed by atoms with Gasteiger partial charge in [-0.1, -0.05) is 18.2 Å². The van der Waals surface area contributed by atoms with E-state index >= 15 is 0 Å². The highest BCUT2D eigenvalue weighted by Crippen LogP contribution is 2.31. The highest BCUT2D eigenvalue weighted by atomic mass is 19.4. The molecule has 1 aromatic heterocycles. The van der Waals surface area contributed by atoms with E-state index in [1.54, 1.807) is 23.1 Å². The van der Waals surface area contributed by atoms with Crippen molar-refractivity contribution in [2.75, 3.05) is 26.3 Å². The summed E-state index contributed by atoms with van der Waals surface area (Å²) < 4.78 is 45.5. The normalized spacial score (nSPS) is 15.6. The molecule has 0 aliphatic carbocycles. The van der Waals surface area contributed by atoms with Crippen molar-refractivity contribution in [2.45, 2.75) is 19.6 Å². The van der Waals surface area contributed by atoms with Crippen LogP contribution in [0.5, 0.6) is 0 Å². The number of hydrogen-bond donors (Lipinski definition) is 0. The zero-order valence-electron chi connectivity index (χ0n) is 13.6. The number of carbonyl (C=O) groups excluding carboxylic acids is 2. The van der Waals surface area contributed by atoms with Crippen LogP contribution in [0.15, 0.2) is 24.3 Å². The molecule has 8 heteroatoms. The summed E-state index contributed by atoms with van der Waals surface area (Å²) in [5, 5.41) is 0.206. The Balaban J connectivity index is 2.02. The standard InChI is InChI=1S/C17H17F3N2O3/c1-11-15(16(24)17(18,19)20)12-4-2-3-5-13(12)22(11)10-14(23)21-6-8-25-9-7-21/h2-5H,6-10H2,1H3. The fourth-order valence-electron chi connectivity index (χ4n) is 3.11. The van der Waals surface area contributed by atoms with Crippen molar-refractivity contribution in [3.8, 4) is 0 Å². The number of hydrogen-bond acceptors (Lipinski definition) is 3. The number of ketones is 1. The van der Waals surface area contributed by atoms with Gasteiger partial charge in [-0.25, -0.2) is 0 Å². The quantitative estimate of drug-likeness (QED) is 0.796. The largest absolute Gasteiger partial charge is 0.454 e. The molecule has 1 aliphatic heterocycles. The number of Topliss-reactive ketones (excluding diaryl/α,β-unsaturated/α-hetero) is 1. The van der Waals surface area contributed by atoms with Gasteiger partial charge in [0.2, 0.25) is 5.91 Å². The first-order valence-electron chi connectivity index (χ1n) is 7.85. The molecule has 134 valence electrons. The van der Waals surface area contributed by atoms with Crippen LogP contribution in [-0.2, 0) is 16.1 Å². The third kappa shape index (κ3) is 3.26. The van der Waals surface area contributed by atoms with Gasteiger partial charge in [0.15, 0.2) is 0 Å². The number of ether oxygens (including phenoxy) is 1. The van der Waals surface area contributed by atoms with Gasteiger partial charge in [0.25, 0.3) is 5.78 Å². The molecule has 0 spiro atoms. The summed E-state index contributed by atoms with van der Waals surface area (Å²) in [6, 6.07) is 6.32. The lowest BCUT2D eigenvalue weighted by Gasteiger charge is -2.27. The van der Waals surface area contributed by atoms with Crippen molar-refractivity contribution in [1.82, 2.24) is 9.47 Å². The lowest BCUT2D eigenvalue weighted by molar-refractivity contribution is -0.135. The Kier molecular flexibility index (Phi) is 4.55. The van der Waals surface area contributed by atoms with Crippen molar-refractivity contribution in [1.29, 1.82) is 0 Å². The summed E-state index contributed by atoms with van der Waals surface area (Å²) in [6.07, 6.45) is -4.96. The van der Waals surface area contributed by atoms with Crippen molar-refractivity contribution in [2.24, 2.45) is 0 Å². The number of nitrogens with zero attached hydrogens (tertiary/aromatic N) is 2. The van der Waals surface area contributed by atoms with E-state index in [0.717, 1.165) is 0 Å². The third-order valence-electron chi connectivity index (χ3n) is 4.37. The smallest absolute Gasteiger partial charge is 0.378 e. The molecule has 1 amide bonds. The molecule has 1 aromatic carbocycles. The second-order valence-corrected chi connectivity index (χ2v) is 5.88. The number of carbonyl (C=O) groups is 2. The Morgan fingerprint density at radius 3 is 2.44 bits per heavy atom. The van der Waals surface area contributed by atoms with E-state index < -0.39 is 17.5 Å². The molecule has 0 bridgehead atoms. The maximum Gasteiger partial charge on any atom is 0.454 e. The van der Waals surface area contributed by atoms with Crippen LogP contribution in [0.25, 0.3) is 10.9 Å². The summed E-state index contributed by atoms with van der Waals surface area (Å²) in [5.74, 6) is -2.10. The minimum absolute atomic E-state index is 0.114. The lowest BCUT2D eigenvalue weighted by Crippen LogP contribution is -2.42. The molecule has 0 radical (unpaired) electrons. The molecule has 1 aliphatic rings. The Labute approximate surface area is 142 Å². The molecule has 1 saturated heterocycles. The Morgan fingerprint density at radius 2 is 1.80 bits per heavy atom. The van der Waals surface area contributed by atoms with Crippen LogP contribution >= 0.6 is 0 Å². The number of fused-ring (bicyclic) bond motifs is 1. The van der Waals surface area contributed by atoms with E-state index in [4.69, 9.17) is 4.74 Å². The molecule has 5 nitrogen and oxygen atoms in total. The molecule has 0 atom stereocenters. The number of para-hydroxylation sites is 1. The second-order valence-electron chi connectivity index (χ2n) is 5.88. The maximum absolute atomic E-state index is 13.0. The van der Waals surface area contributed by atoms with Crippen LogP contribution in [0.4, 0.5) is 13.2 Å². The third-order valence-corrected chi connectivity index (χ3v) is 4.37. The van der Waals surface area contributed by atoms with Gasteiger partial charge in [-0.05, 0) is 13.0 Å². The minimum atomic E-state index is -4.96. The van der Waals surface area contributed by atoms with E-state index in [1.807, 2.05) is 0 Å². The molecule has 1 fully saturated rings. The van der Waals surface area contributed by atoms with Crippen LogP contribution in [0.3, 0.4) is 0 Å². The fourth-order valence-corrected chi connectivity index (χ4v) is 3.11. The zero-order chi connectivity index (χ0) is 18.2. The molecule has 0 saturated carbocycles. The van der Waals surface area contributed by atoms with Crippen molar-refractivity contribution in [3.63, 3.8) is 0 Å². The van der Waals surface area contributed by atoms with Gasteiger partial charge in [0, 0.05) is 29.7 Å². The number of alkyl halides is 3. The monoisotopic (exact) mass is 354 g/mol.